The highest BCUT2D eigenvalue weighted by Crippen LogP contribution is 2.28. The summed E-state index contributed by atoms with van der Waals surface area (Å²) in [5, 5.41) is 13.5. The Bertz CT molecular complexity index is 1100. The molecule has 0 saturated heterocycles. The number of carbonyl (C=O) groups excluding carboxylic acids is 1. The average molecular weight is 450 g/mol. The zero-order chi connectivity index (χ0) is 23.6. The Morgan fingerprint density at radius 1 is 1.12 bits per heavy atom. The predicted octanol–water partition coefficient (Wildman–Crippen LogP) is 5.17. The highest BCUT2D eigenvalue weighted by atomic mass is 16.5. The second kappa shape index (κ2) is 11.7. The monoisotopic (exact) mass is 449 g/mol. The van der Waals surface area contributed by atoms with Crippen molar-refractivity contribution in [1.82, 2.24) is 10.1 Å². The molecule has 0 aliphatic carbocycles. The molecule has 0 aliphatic heterocycles. The summed E-state index contributed by atoms with van der Waals surface area (Å²) in [6.45, 7) is 6.53. The van der Waals surface area contributed by atoms with E-state index < -0.39 is 0 Å². The van der Waals surface area contributed by atoms with E-state index in [-0.39, 0.29) is 12.1 Å². The third-order valence-corrected chi connectivity index (χ3v) is 4.60. The van der Waals surface area contributed by atoms with Gasteiger partial charge in [-0.05, 0) is 76.1 Å². The van der Waals surface area contributed by atoms with Crippen LogP contribution in [-0.4, -0.2) is 35.4 Å². The van der Waals surface area contributed by atoms with Crippen molar-refractivity contribution in [3.05, 3.63) is 48.0 Å². The molecule has 172 valence electrons. The first-order valence-corrected chi connectivity index (χ1v) is 10.9. The first-order valence-electron chi connectivity index (χ1n) is 10.9. The topological polar surface area (TPSA) is 107 Å². The lowest BCUT2D eigenvalue weighted by Crippen LogP contribution is -2.06. The molecular formula is C25H27N3O5. The number of carbonyl (C=O) groups is 1. The van der Waals surface area contributed by atoms with E-state index in [1.807, 2.05) is 38.1 Å². The molecule has 33 heavy (non-hydrogen) atoms. The van der Waals surface area contributed by atoms with Crippen molar-refractivity contribution >= 4 is 5.97 Å². The molecular weight excluding hydrogens is 422 g/mol. The summed E-state index contributed by atoms with van der Waals surface area (Å²) >= 11 is 0. The summed E-state index contributed by atoms with van der Waals surface area (Å²) in [6, 6.07) is 14.7. The molecule has 0 amide bonds. The predicted molar refractivity (Wildman–Crippen MR) is 122 cm³/mol. The number of hydrogen-bond donors (Lipinski definition) is 0. The highest BCUT2D eigenvalue weighted by molar-refractivity contribution is 5.69. The van der Waals surface area contributed by atoms with E-state index in [1.54, 1.807) is 25.1 Å². The van der Waals surface area contributed by atoms with Crippen LogP contribution in [0.3, 0.4) is 0 Å². The lowest BCUT2D eigenvalue weighted by Gasteiger charge is -2.11. The van der Waals surface area contributed by atoms with Crippen molar-refractivity contribution < 1.29 is 23.5 Å². The number of esters is 1. The van der Waals surface area contributed by atoms with Crippen molar-refractivity contribution in [2.24, 2.45) is 0 Å². The number of rotatable bonds is 11. The molecule has 2 aromatic carbocycles. The third kappa shape index (κ3) is 6.81. The molecule has 8 nitrogen and oxygen atoms in total. The minimum Gasteiger partial charge on any atom is -0.494 e. The second-order valence-corrected chi connectivity index (χ2v) is 7.55. The van der Waals surface area contributed by atoms with Crippen LogP contribution in [0, 0.1) is 11.3 Å². The average Bonchev–Trinajstić information content (AvgIpc) is 3.30. The van der Waals surface area contributed by atoms with Crippen LogP contribution in [0.5, 0.6) is 11.5 Å². The van der Waals surface area contributed by atoms with E-state index in [0.717, 1.165) is 24.2 Å². The fourth-order valence-electron chi connectivity index (χ4n) is 3.06. The number of ether oxygens (including phenoxy) is 3. The quantitative estimate of drug-likeness (QED) is 0.291. The molecule has 3 rings (SSSR count). The standard InChI is InChI=1S/C25H27N3O5/c1-4-30-23(29)7-5-6-14-31-21-11-8-18(9-12-21)24-27-25(33-28-24)19-10-13-22(32-17(2)3)20(15-19)16-26/h8-13,15,17H,4-7,14H2,1-3H3. The number of aromatic nitrogens is 2. The molecule has 0 radical (unpaired) electrons. The fourth-order valence-corrected chi connectivity index (χ4v) is 3.06. The maximum Gasteiger partial charge on any atom is 0.305 e. The van der Waals surface area contributed by atoms with Gasteiger partial charge in [0.2, 0.25) is 5.82 Å². The Morgan fingerprint density at radius 3 is 2.58 bits per heavy atom. The molecule has 0 spiro atoms. The molecule has 1 aromatic heterocycles. The van der Waals surface area contributed by atoms with Gasteiger partial charge >= 0.3 is 5.97 Å². The van der Waals surface area contributed by atoms with E-state index in [0.29, 0.717) is 48.2 Å². The number of hydrogen-bond acceptors (Lipinski definition) is 8. The smallest absolute Gasteiger partial charge is 0.305 e. The minimum absolute atomic E-state index is 0.0329. The molecule has 0 aliphatic rings. The van der Waals surface area contributed by atoms with Gasteiger partial charge in [-0.3, -0.25) is 4.79 Å². The van der Waals surface area contributed by atoms with Crippen molar-refractivity contribution in [3.63, 3.8) is 0 Å². The van der Waals surface area contributed by atoms with Gasteiger partial charge in [0.15, 0.2) is 0 Å². The maximum absolute atomic E-state index is 11.3. The summed E-state index contributed by atoms with van der Waals surface area (Å²) in [4.78, 5) is 15.8. The summed E-state index contributed by atoms with van der Waals surface area (Å²) in [5.74, 6) is 1.82. The summed E-state index contributed by atoms with van der Waals surface area (Å²) < 4.78 is 21.7. The molecule has 0 N–H and O–H groups in total. The minimum atomic E-state index is -0.176. The largest absolute Gasteiger partial charge is 0.494 e. The molecule has 8 heteroatoms. The van der Waals surface area contributed by atoms with Crippen molar-refractivity contribution in [2.45, 2.75) is 46.1 Å². The zero-order valence-corrected chi connectivity index (χ0v) is 19.0. The highest BCUT2D eigenvalue weighted by Gasteiger charge is 2.14. The van der Waals surface area contributed by atoms with E-state index in [1.165, 1.54) is 0 Å². The van der Waals surface area contributed by atoms with Crippen molar-refractivity contribution in [2.75, 3.05) is 13.2 Å². The van der Waals surface area contributed by atoms with Crippen LogP contribution < -0.4 is 9.47 Å². The van der Waals surface area contributed by atoms with Gasteiger partial charge < -0.3 is 18.7 Å². The molecule has 0 atom stereocenters. The first-order chi connectivity index (χ1) is 16.0. The number of nitriles is 1. The number of nitrogens with zero attached hydrogens (tertiary/aromatic N) is 3. The zero-order valence-electron chi connectivity index (χ0n) is 19.0. The lowest BCUT2D eigenvalue weighted by atomic mass is 10.1. The van der Waals surface area contributed by atoms with Crippen LogP contribution in [0.2, 0.25) is 0 Å². The third-order valence-electron chi connectivity index (χ3n) is 4.60. The van der Waals surface area contributed by atoms with E-state index >= 15 is 0 Å². The van der Waals surface area contributed by atoms with E-state index in [4.69, 9.17) is 18.7 Å². The lowest BCUT2D eigenvalue weighted by molar-refractivity contribution is -0.143. The Kier molecular flexibility index (Phi) is 8.42. The van der Waals surface area contributed by atoms with Crippen molar-refractivity contribution in [1.29, 1.82) is 5.26 Å². The van der Waals surface area contributed by atoms with Gasteiger partial charge in [-0.2, -0.15) is 10.2 Å². The van der Waals surface area contributed by atoms with E-state index in [9.17, 15) is 10.1 Å². The van der Waals surface area contributed by atoms with Crippen LogP contribution in [0.1, 0.15) is 45.6 Å². The van der Waals surface area contributed by atoms with Crippen LogP contribution in [0.4, 0.5) is 0 Å². The first kappa shape index (κ1) is 23.8. The number of benzene rings is 2. The summed E-state index contributed by atoms with van der Waals surface area (Å²) in [6.07, 6.45) is 1.86. The Morgan fingerprint density at radius 2 is 1.88 bits per heavy atom. The van der Waals surface area contributed by atoms with Gasteiger partial charge in [0.05, 0.1) is 24.9 Å². The van der Waals surface area contributed by atoms with Gasteiger partial charge in [0, 0.05) is 17.5 Å². The molecule has 3 aromatic rings. The van der Waals surface area contributed by atoms with Crippen LogP contribution in [0.25, 0.3) is 22.8 Å². The molecule has 0 bridgehead atoms. The van der Waals surface area contributed by atoms with Gasteiger partial charge in [0.25, 0.3) is 5.89 Å². The number of unbranched alkanes of at least 4 members (excludes halogenated alkanes) is 1. The van der Waals surface area contributed by atoms with Crippen LogP contribution in [-0.2, 0) is 9.53 Å². The maximum atomic E-state index is 11.3. The second-order valence-electron chi connectivity index (χ2n) is 7.55. The Labute approximate surface area is 193 Å². The van der Waals surface area contributed by atoms with Gasteiger partial charge in [-0.25, -0.2) is 0 Å². The Balaban J connectivity index is 1.58. The molecule has 0 unspecified atom stereocenters. The summed E-state index contributed by atoms with van der Waals surface area (Å²) in [7, 11) is 0. The van der Waals surface area contributed by atoms with Crippen LogP contribution in [0.15, 0.2) is 47.0 Å². The van der Waals surface area contributed by atoms with Crippen LogP contribution >= 0.6 is 0 Å². The van der Waals surface area contributed by atoms with Gasteiger partial charge in [0.1, 0.15) is 17.6 Å². The van der Waals surface area contributed by atoms with E-state index in [2.05, 4.69) is 16.2 Å². The van der Waals surface area contributed by atoms with Crippen molar-refractivity contribution in [3.8, 4) is 40.4 Å². The van der Waals surface area contributed by atoms with Gasteiger partial charge in [-0.1, -0.05) is 5.16 Å². The molecule has 0 saturated carbocycles. The summed E-state index contributed by atoms with van der Waals surface area (Å²) in [5.41, 5.74) is 1.83. The van der Waals surface area contributed by atoms with Gasteiger partial charge in [-0.15, -0.1) is 0 Å². The Hall–Kier alpha value is -3.86. The SMILES string of the molecule is CCOC(=O)CCCCOc1ccc(-c2noc(-c3ccc(OC(C)C)c(C#N)c3)n2)cc1. The fraction of sp³-hybridized carbons (Fsp3) is 0.360. The normalized spacial score (nSPS) is 10.6. The molecule has 1 heterocycles. The molecule has 0 fully saturated rings.